The van der Waals surface area contributed by atoms with Crippen LogP contribution >= 0.6 is 0 Å². The summed E-state index contributed by atoms with van der Waals surface area (Å²) in [7, 11) is 0. The van der Waals surface area contributed by atoms with Gasteiger partial charge in [-0.15, -0.1) is 0 Å². The number of halogens is 1. The predicted octanol–water partition coefficient (Wildman–Crippen LogP) is 3.14. The van der Waals surface area contributed by atoms with Gasteiger partial charge in [0.1, 0.15) is 17.7 Å². The Kier molecular flexibility index (Phi) is 3.01. The van der Waals surface area contributed by atoms with Crippen molar-refractivity contribution >= 4 is 11.5 Å². The van der Waals surface area contributed by atoms with Crippen LogP contribution in [0.3, 0.4) is 0 Å². The van der Waals surface area contributed by atoms with Gasteiger partial charge in [0, 0.05) is 11.4 Å². The summed E-state index contributed by atoms with van der Waals surface area (Å²) in [5, 5.41) is 11.9. The fourth-order valence-corrected chi connectivity index (χ4v) is 1.41. The summed E-state index contributed by atoms with van der Waals surface area (Å²) in [4.78, 5) is 4.23. The lowest BCUT2D eigenvalue weighted by molar-refractivity contribution is 0.628. The summed E-state index contributed by atoms with van der Waals surface area (Å²) in [5.74, 6) is 0.187. The molecule has 3 nitrogen and oxygen atoms in total. The Labute approximate surface area is 98.5 Å². The third-order valence-electron chi connectivity index (χ3n) is 2.26. The van der Waals surface area contributed by atoms with Gasteiger partial charge >= 0.3 is 0 Å². The maximum absolute atomic E-state index is 12.7. The van der Waals surface area contributed by atoms with E-state index in [4.69, 9.17) is 5.26 Å². The van der Waals surface area contributed by atoms with E-state index in [-0.39, 0.29) is 5.82 Å². The average Bonchev–Trinajstić information content (AvgIpc) is 2.32. The first-order valence-corrected chi connectivity index (χ1v) is 5.09. The molecule has 2 rings (SSSR count). The lowest BCUT2D eigenvalue weighted by Crippen LogP contribution is -1.98. The van der Waals surface area contributed by atoms with Crippen molar-refractivity contribution < 1.29 is 4.39 Å². The molecule has 17 heavy (non-hydrogen) atoms. The highest BCUT2D eigenvalue weighted by atomic mass is 19.1. The molecule has 1 heterocycles. The van der Waals surface area contributed by atoms with Crippen LogP contribution in [-0.2, 0) is 0 Å². The topological polar surface area (TPSA) is 48.7 Å². The number of nitrogens with zero attached hydrogens (tertiary/aromatic N) is 2. The molecule has 0 aliphatic carbocycles. The molecule has 0 unspecified atom stereocenters. The Morgan fingerprint density at radius 3 is 2.53 bits per heavy atom. The molecule has 1 N–H and O–H groups in total. The van der Waals surface area contributed by atoms with Crippen LogP contribution < -0.4 is 5.32 Å². The number of benzene rings is 1. The first-order chi connectivity index (χ1) is 8.19. The third-order valence-corrected chi connectivity index (χ3v) is 2.26. The summed E-state index contributed by atoms with van der Waals surface area (Å²) in [6.45, 7) is 1.84. The molecule has 4 heteroatoms. The standard InChI is InChI=1S/C13H10FN3/c1-9-2-3-10(8-15)13(16-9)17-12-6-4-11(14)5-7-12/h2-7H,1H3,(H,16,17). The molecule has 0 saturated heterocycles. The maximum atomic E-state index is 12.7. The maximum Gasteiger partial charge on any atom is 0.148 e. The van der Waals surface area contributed by atoms with E-state index in [1.807, 2.05) is 6.92 Å². The molecule has 0 aliphatic heterocycles. The van der Waals surface area contributed by atoms with Crippen LogP contribution in [0.25, 0.3) is 0 Å². The first kappa shape index (κ1) is 11.1. The van der Waals surface area contributed by atoms with Crippen LogP contribution in [0.15, 0.2) is 36.4 Å². The van der Waals surface area contributed by atoms with Crippen molar-refractivity contribution in [1.29, 1.82) is 5.26 Å². The second-order valence-electron chi connectivity index (χ2n) is 3.59. The molecule has 0 atom stereocenters. The fraction of sp³-hybridized carbons (Fsp3) is 0.0769. The zero-order valence-electron chi connectivity index (χ0n) is 9.24. The highest BCUT2D eigenvalue weighted by Gasteiger charge is 2.04. The Morgan fingerprint density at radius 1 is 1.18 bits per heavy atom. The van der Waals surface area contributed by atoms with Gasteiger partial charge in [0.15, 0.2) is 0 Å². The van der Waals surface area contributed by atoms with Crippen LogP contribution in [0, 0.1) is 24.1 Å². The van der Waals surface area contributed by atoms with E-state index in [1.165, 1.54) is 12.1 Å². The number of hydrogen-bond acceptors (Lipinski definition) is 3. The van der Waals surface area contributed by atoms with Gasteiger partial charge in [-0.1, -0.05) is 0 Å². The van der Waals surface area contributed by atoms with Crippen LogP contribution in [-0.4, -0.2) is 4.98 Å². The summed E-state index contributed by atoms with van der Waals surface area (Å²) in [6.07, 6.45) is 0. The van der Waals surface area contributed by atoms with Gasteiger partial charge in [0.05, 0.1) is 5.56 Å². The molecular formula is C13H10FN3. The molecule has 0 saturated carbocycles. The number of pyridine rings is 1. The number of aryl methyl sites for hydroxylation is 1. The van der Waals surface area contributed by atoms with Crippen molar-refractivity contribution in [2.75, 3.05) is 5.32 Å². The van der Waals surface area contributed by atoms with Crippen molar-refractivity contribution in [2.45, 2.75) is 6.92 Å². The predicted molar refractivity (Wildman–Crippen MR) is 63.4 cm³/mol. The Hall–Kier alpha value is -2.41. The monoisotopic (exact) mass is 227 g/mol. The van der Waals surface area contributed by atoms with Gasteiger partial charge in [-0.3, -0.25) is 0 Å². The van der Waals surface area contributed by atoms with E-state index in [9.17, 15) is 4.39 Å². The zero-order valence-corrected chi connectivity index (χ0v) is 9.24. The molecule has 1 aromatic heterocycles. The minimum atomic E-state index is -0.298. The minimum Gasteiger partial charge on any atom is -0.339 e. The van der Waals surface area contributed by atoms with Crippen molar-refractivity contribution in [3.05, 3.63) is 53.5 Å². The highest BCUT2D eigenvalue weighted by Crippen LogP contribution is 2.18. The fourth-order valence-electron chi connectivity index (χ4n) is 1.41. The van der Waals surface area contributed by atoms with Gasteiger partial charge in [-0.05, 0) is 43.3 Å². The van der Waals surface area contributed by atoms with E-state index in [0.717, 1.165) is 5.69 Å². The van der Waals surface area contributed by atoms with Crippen LogP contribution in [0.1, 0.15) is 11.3 Å². The van der Waals surface area contributed by atoms with Crippen LogP contribution in [0.5, 0.6) is 0 Å². The lowest BCUT2D eigenvalue weighted by atomic mass is 10.2. The Morgan fingerprint density at radius 2 is 1.88 bits per heavy atom. The van der Waals surface area contributed by atoms with Crippen molar-refractivity contribution in [1.82, 2.24) is 4.98 Å². The summed E-state index contributed by atoms with van der Waals surface area (Å²) in [6, 6.07) is 11.4. The van der Waals surface area contributed by atoms with Crippen LogP contribution in [0.4, 0.5) is 15.9 Å². The van der Waals surface area contributed by atoms with Gasteiger partial charge in [-0.25, -0.2) is 9.37 Å². The number of rotatable bonds is 2. The molecule has 0 aliphatic rings. The van der Waals surface area contributed by atoms with Gasteiger partial charge < -0.3 is 5.32 Å². The number of aromatic nitrogens is 1. The lowest BCUT2D eigenvalue weighted by Gasteiger charge is -2.07. The third kappa shape index (κ3) is 2.58. The van der Waals surface area contributed by atoms with Crippen molar-refractivity contribution in [3.8, 4) is 6.07 Å². The molecule has 1 aromatic carbocycles. The van der Waals surface area contributed by atoms with Crippen molar-refractivity contribution in [3.63, 3.8) is 0 Å². The molecule has 0 bridgehead atoms. The van der Waals surface area contributed by atoms with E-state index in [1.54, 1.807) is 24.3 Å². The van der Waals surface area contributed by atoms with E-state index >= 15 is 0 Å². The molecule has 0 radical (unpaired) electrons. The molecule has 0 fully saturated rings. The normalized spacial score (nSPS) is 9.71. The SMILES string of the molecule is Cc1ccc(C#N)c(Nc2ccc(F)cc2)n1. The van der Waals surface area contributed by atoms with Gasteiger partial charge in [-0.2, -0.15) is 5.26 Å². The molecule has 0 spiro atoms. The Balaban J connectivity index is 2.32. The average molecular weight is 227 g/mol. The minimum absolute atomic E-state index is 0.298. The molecular weight excluding hydrogens is 217 g/mol. The number of nitriles is 1. The van der Waals surface area contributed by atoms with Gasteiger partial charge in [0.2, 0.25) is 0 Å². The summed E-state index contributed by atoms with van der Waals surface area (Å²) in [5.41, 5.74) is 1.97. The summed E-state index contributed by atoms with van der Waals surface area (Å²) >= 11 is 0. The van der Waals surface area contributed by atoms with E-state index in [0.29, 0.717) is 17.1 Å². The smallest absolute Gasteiger partial charge is 0.148 e. The highest BCUT2D eigenvalue weighted by molar-refractivity contribution is 5.62. The van der Waals surface area contributed by atoms with Crippen LogP contribution in [0.2, 0.25) is 0 Å². The first-order valence-electron chi connectivity index (χ1n) is 5.09. The second-order valence-corrected chi connectivity index (χ2v) is 3.59. The summed E-state index contributed by atoms with van der Waals surface area (Å²) < 4.78 is 12.7. The Bertz CT molecular complexity index is 570. The largest absolute Gasteiger partial charge is 0.339 e. The molecule has 2 aromatic rings. The second kappa shape index (κ2) is 4.62. The van der Waals surface area contributed by atoms with E-state index in [2.05, 4.69) is 16.4 Å². The number of hydrogen-bond donors (Lipinski definition) is 1. The number of nitrogens with one attached hydrogen (secondary N) is 1. The molecule has 0 amide bonds. The number of anilines is 2. The molecule has 84 valence electrons. The zero-order chi connectivity index (χ0) is 12.3. The van der Waals surface area contributed by atoms with Gasteiger partial charge in [0.25, 0.3) is 0 Å². The quantitative estimate of drug-likeness (QED) is 0.857. The van der Waals surface area contributed by atoms with E-state index < -0.39 is 0 Å². The van der Waals surface area contributed by atoms with Crippen molar-refractivity contribution in [2.24, 2.45) is 0 Å².